The van der Waals surface area contributed by atoms with Crippen molar-refractivity contribution >= 4 is 6.03 Å². The lowest BCUT2D eigenvalue weighted by Crippen LogP contribution is -2.42. The monoisotopic (exact) mass is 345 g/mol. The summed E-state index contributed by atoms with van der Waals surface area (Å²) in [5, 5.41) is 15.2. The SMILES string of the molecule is COc1ccc(CCNC(=O)NCC(O)Cn2ccccc2=O)cc1. The summed E-state index contributed by atoms with van der Waals surface area (Å²) >= 11 is 0. The maximum Gasteiger partial charge on any atom is 0.314 e. The molecule has 0 aliphatic carbocycles. The fraction of sp³-hybridized carbons (Fsp3) is 0.333. The number of hydrogen-bond acceptors (Lipinski definition) is 4. The van der Waals surface area contributed by atoms with E-state index in [0.29, 0.717) is 13.0 Å². The first-order valence-corrected chi connectivity index (χ1v) is 8.06. The molecular weight excluding hydrogens is 322 g/mol. The third-order valence-corrected chi connectivity index (χ3v) is 3.66. The first-order chi connectivity index (χ1) is 12.1. The summed E-state index contributed by atoms with van der Waals surface area (Å²) in [6, 6.07) is 12.1. The van der Waals surface area contributed by atoms with E-state index in [2.05, 4.69) is 10.6 Å². The maximum absolute atomic E-state index is 11.7. The molecule has 0 fully saturated rings. The van der Waals surface area contributed by atoms with Crippen molar-refractivity contribution < 1.29 is 14.6 Å². The number of urea groups is 1. The van der Waals surface area contributed by atoms with E-state index in [4.69, 9.17) is 4.74 Å². The molecule has 0 spiro atoms. The molecule has 0 saturated carbocycles. The summed E-state index contributed by atoms with van der Waals surface area (Å²) in [7, 11) is 1.61. The number of amides is 2. The van der Waals surface area contributed by atoms with E-state index in [1.165, 1.54) is 10.6 Å². The Labute approximate surface area is 146 Å². The van der Waals surface area contributed by atoms with Gasteiger partial charge in [-0.2, -0.15) is 0 Å². The van der Waals surface area contributed by atoms with Crippen LogP contribution in [0.25, 0.3) is 0 Å². The molecule has 7 heteroatoms. The van der Waals surface area contributed by atoms with Crippen molar-refractivity contribution in [1.82, 2.24) is 15.2 Å². The summed E-state index contributed by atoms with van der Waals surface area (Å²) in [4.78, 5) is 23.3. The lowest BCUT2D eigenvalue weighted by molar-refractivity contribution is 0.150. The van der Waals surface area contributed by atoms with Crippen molar-refractivity contribution in [1.29, 1.82) is 0 Å². The number of nitrogens with zero attached hydrogens (tertiary/aromatic N) is 1. The first-order valence-electron chi connectivity index (χ1n) is 8.06. The Hall–Kier alpha value is -2.80. The highest BCUT2D eigenvalue weighted by atomic mass is 16.5. The predicted molar refractivity (Wildman–Crippen MR) is 94.8 cm³/mol. The topological polar surface area (TPSA) is 92.6 Å². The first kappa shape index (κ1) is 18.5. The van der Waals surface area contributed by atoms with Crippen LogP contribution in [0.3, 0.4) is 0 Å². The van der Waals surface area contributed by atoms with Gasteiger partial charge in [0, 0.05) is 25.4 Å². The molecule has 3 N–H and O–H groups in total. The molecule has 0 aliphatic rings. The van der Waals surface area contributed by atoms with E-state index >= 15 is 0 Å². The summed E-state index contributed by atoms with van der Waals surface area (Å²) in [5.41, 5.74) is 0.898. The maximum atomic E-state index is 11.7. The van der Waals surface area contributed by atoms with Gasteiger partial charge in [-0.05, 0) is 30.2 Å². The molecule has 1 aromatic heterocycles. The fourth-order valence-electron chi connectivity index (χ4n) is 2.29. The number of nitrogens with one attached hydrogen (secondary N) is 2. The number of pyridine rings is 1. The Morgan fingerprint density at radius 2 is 1.96 bits per heavy atom. The summed E-state index contributed by atoms with van der Waals surface area (Å²) in [6.45, 7) is 0.675. The van der Waals surface area contributed by atoms with Gasteiger partial charge in [0.05, 0.1) is 19.8 Å². The van der Waals surface area contributed by atoms with Gasteiger partial charge in [0.2, 0.25) is 0 Å². The molecule has 1 heterocycles. The highest BCUT2D eigenvalue weighted by Crippen LogP contribution is 2.11. The van der Waals surface area contributed by atoms with Gasteiger partial charge in [-0.15, -0.1) is 0 Å². The fourth-order valence-corrected chi connectivity index (χ4v) is 2.29. The zero-order valence-corrected chi connectivity index (χ0v) is 14.1. The van der Waals surface area contributed by atoms with Gasteiger partial charge in [0.25, 0.3) is 5.56 Å². The van der Waals surface area contributed by atoms with Crippen LogP contribution in [0.1, 0.15) is 5.56 Å². The van der Waals surface area contributed by atoms with Crippen LogP contribution in [-0.2, 0) is 13.0 Å². The third-order valence-electron chi connectivity index (χ3n) is 3.66. The largest absolute Gasteiger partial charge is 0.497 e. The van der Waals surface area contributed by atoms with E-state index in [0.717, 1.165) is 11.3 Å². The van der Waals surface area contributed by atoms with E-state index in [9.17, 15) is 14.7 Å². The molecule has 1 unspecified atom stereocenters. The molecule has 0 aliphatic heterocycles. The average molecular weight is 345 g/mol. The number of aliphatic hydroxyl groups is 1. The zero-order chi connectivity index (χ0) is 18.1. The molecule has 2 aromatic rings. The van der Waals surface area contributed by atoms with Crippen molar-refractivity contribution in [3.63, 3.8) is 0 Å². The zero-order valence-electron chi connectivity index (χ0n) is 14.1. The smallest absolute Gasteiger partial charge is 0.314 e. The predicted octanol–water partition coefficient (Wildman–Crippen LogP) is 0.760. The van der Waals surface area contributed by atoms with Gasteiger partial charge in [-0.3, -0.25) is 4.79 Å². The quantitative estimate of drug-likeness (QED) is 0.659. The Kier molecular flexibility index (Phi) is 7.03. The average Bonchev–Trinajstić information content (AvgIpc) is 2.62. The number of hydrogen-bond donors (Lipinski definition) is 3. The number of benzene rings is 1. The van der Waals surface area contributed by atoms with Crippen LogP contribution in [0.15, 0.2) is 53.5 Å². The number of carbonyl (C=O) groups excluding carboxylic acids is 1. The second-order valence-corrected chi connectivity index (χ2v) is 5.58. The van der Waals surface area contributed by atoms with Gasteiger partial charge < -0.3 is 25.0 Å². The van der Waals surface area contributed by atoms with Crippen molar-refractivity contribution in [2.24, 2.45) is 0 Å². The van der Waals surface area contributed by atoms with Crippen molar-refractivity contribution in [3.8, 4) is 5.75 Å². The molecule has 2 amide bonds. The number of aromatic nitrogens is 1. The van der Waals surface area contributed by atoms with E-state index in [-0.39, 0.29) is 24.7 Å². The van der Waals surface area contributed by atoms with E-state index < -0.39 is 6.10 Å². The van der Waals surface area contributed by atoms with Crippen LogP contribution < -0.4 is 20.9 Å². The Morgan fingerprint density at radius 3 is 2.64 bits per heavy atom. The molecule has 0 radical (unpaired) electrons. The summed E-state index contributed by atoms with van der Waals surface area (Å²) in [5.74, 6) is 0.793. The van der Waals surface area contributed by atoms with Crippen LogP contribution in [0.4, 0.5) is 4.79 Å². The van der Waals surface area contributed by atoms with Gasteiger partial charge >= 0.3 is 6.03 Å². The van der Waals surface area contributed by atoms with E-state index in [1.807, 2.05) is 24.3 Å². The summed E-state index contributed by atoms with van der Waals surface area (Å²) < 4.78 is 6.49. The Balaban J connectivity index is 1.66. The van der Waals surface area contributed by atoms with Crippen molar-refractivity contribution in [3.05, 3.63) is 64.6 Å². The normalized spacial score (nSPS) is 11.6. The Bertz CT molecular complexity index is 728. The number of rotatable bonds is 8. The molecule has 1 aromatic carbocycles. The van der Waals surface area contributed by atoms with Crippen molar-refractivity contribution in [2.45, 2.75) is 19.1 Å². The van der Waals surface area contributed by atoms with Gasteiger partial charge in [0.15, 0.2) is 0 Å². The van der Waals surface area contributed by atoms with Crippen LogP contribution >= 0.6 is 0 Å². The molecule has 25 heavy (non-hydrogen) atoms. The number of carbonyl (C=O) groups is 1. The minimum absolute atomic E-state index is 0.0652. The van der Waals surface area contributed by atoms with Crippen LogP contribution in [0.5, 0.6) is 5.75 Å². The number of ether oxygens (including phenoxy) is 1. The molecule has 134 valence electrons. The lowest BCUT2D eigenvalue weighted by Gasteiger charge is -2.14. The Morgan fingerprint density at radius 1 is 1.20 bits per heavy atom. The standard InChI is InChI=1S/C18H23N3O4/c1-25-16-7-5-14(6-8-16)9-10-19-18(24)20-12-15(22)13-21-11-3-2-4-17(21)23/h2-8,11,15,22H,9-10,12-13H2,1H3,(H2,19,20,24). The molecule has 1 atom stereocenters. The molecule has 0 bridgehead atoms. The minimum Gasteiger partial charge on any atom is -0.497 e. The second kappa shape index (κ2) is 9.48. The second-order valence-electron chi connectivity index (χ2n) is 5.58. The van der Waals surface area contributed by atoms with Gasteiger partial charge in [-0.25, -0.2) is 4.79 Å². The molecular formula is C18H23N3O4. The van der Waals surface area contributed by atoms with Crippen molar-refractivity contribution in [2.75, 3.05) is 20.2 Å². The van der Waals surface area contributed by atoms with Gasteiger partial charge in [-0.1, -0.05) is 18.2 Å². The lowest BCUT2D eigenvalue weighted by atomic mass is 10.1. The van der Waals surface area contributed by atoms with E-state index in [1.54, 1.807) is 25.4 Å². The van der Waals surface area contributed by atoms with Crippen LogP contribution in [0, 0.1) is 0 Å². The minimum atomic E-state index is -0.840. The molecule has 0 saturated heterocycles. The van der Waals surface area contributed by atoms with Gasteiger partial charge in [0.1, 0.15) is 5.75 Å². The highest BCUT2D eigenvalue weighted by molar-refractivity contribution is 5.73. The summed E-state index contributed by atoms with van der Waals surface area (Å²) in [6.07, 6.45) is 1.45. The van der Waals surface area contributed by atoms with Crippen LogP contribution in [0.2, 0.25) is 0 Å². The molecule has 2 rings (SSSR count). The highest BCUT2D eigenvalue weighted by Gasteiger charge is 2.08. The number of methoxy groups -OCH3 is 1. The van der Waals surface area contributed by atoms with Crippen LogP contribution in [-0.4, -0.2) is 42.0 Å². The molecule has 7 nitrogen and oxygen atoms in total. The number of aliphatic hydroxyl groups excluding tert-OH is 1. The third kappa shape index (κ3) is 6.31.